The predicted molar refractivity (Wildman–Crippen MR) is 57.4 cm³/mol. The molecule has 0 spiro atoms. The molecule has 1 heterocycles. The van der Waals surface area contributed by atoms with Crippen molar-refractivity contribution >= 4 is 16.3 Å². The first kappa shape index (κ1) is 14.2. The highest BCUT2D eigenvalue weighted by molar-refractivity contribution is 7.88. The van der Waals surface area contributed by atoms with Gasteiger partial charge in [-0.1, -0.05) is 0 Å². The van der Waals surface area contributed by atoms with Gasteiger partial charge in [-0.05, 0) is 6.92 Å². The van der Waals surface area contributed by atoms with E-state index in [1.807, 2.05) is 0 Å². The number of hydrogen-bond acceptors (Lipinski definition) is 6. The largest absolute Gasteiger partial charge is 0.452 e. The third-order valence-electron chi connectivity index (χ3n) is 2.63. The van der Waals surface area contributed by atoms with E-state index in [9.17, 15) is 18.3 Å². The highest BCUT2D eigenvalue weighted by Crippen LogP contribution is 2.24. The molecule has 1 aliphatic rings. The third-order valence-corrected chi connectivity index (χ3v) is 3.59. The highest BCUT2D eigenvalue weighted by Gasteiger charge is 2.40. The zero-order valence-electron chi connectivity index (χ0n) is 9.60. The Labute approximate surface area is 99.5 Å². The van der Waals surface area contributed by atoms with Gasteiger partial charge in [-0.3, -0.25) is 0 Å². The fourth-order valence-electron chi connectivity index (χ4n) is 1.41. The van der Waals surface area contributed by atoms with Crippen molar-refractivity contribution in [2.24, 2.45) is 0 Å². The minimum Gasteiger partial charge on any atom is -0.452 e. The topological polar surface area (TPSA) is 114 Å². The zero-order chi connectivity index (χ0) is 13.1. The number of nitrogens with one attached hydrogen (secondary N) is 2. The summed E-state index contributed by atoms with van der Waals surface area (Å²) in [6, 6.07) is 0. The number of rotatable bonds is 4. The molecule has 0 aromatic rings. The van der Waals surface area contributed by atoms with Gasteiger partial charge in [0.25, 0.3) is 0 Å². The lowest BCUT2D eigenvalue weighted by Gasteiger charge is -2.25. The molecule has 2 unspecified atom stereocenters. The van der Waals surface area contributed by atoms with Crippen molar-refractivity contribution in [3.8, 4) is 0 Å². The van der Waals surface area contributed by atoms with Crippen LogP contribution in [0.25, 0.3) is 0 Å². The average Bonchev–Trinajstić information content (AvgIpc) is 2.57. The Hall–Kier alpha value is -0.900. The standard InChI is InChI=1S/C8H16N2O6S/c1-6-8(12,3-4-16-6)5-9-17(13,14)10-7(11)15-2/h6,9,12H,3-5H2,1-2H3,(H,10,11). The van der Waals surface area contributed by atoms with E-state index in [0.717, 1.165) is 7.11 Å². The maximum atomic E-state index is 11.3. The summed E-state index contributed by atoms with van der Waals surface area (Å²) < 4.78 is 35.6. The summed E-state index contributed by atoms with van der Waals surface area (Å²) in [6.45, 7) is 1.78. The van der Waals surface area contributed by atoms with Crippen LogP contribution < -0.4 is 9.44 Å². The maximum absolute atomic E-state index is 11.3. The molecule has 0 radical (unpaired) electrons. The van der Waals surface area contributed by atoms with E-state index in [-0.39, 0.29) is 6.54 Å². The fourth-order valence-corrected chi connectivity index (χ4v) is 2.23. The van der Waals surface area contributed by atoms with Crippen molar-refractivity contribution < 1.29 is 27.8 Å². The molecule has 2 atom stereocenters. The van der Waals surface area contributed by atoms with Gasteiger partial charge in [-0.25, -0.2) is 9.52 Å². The first-order valence-electron chi connectivity index (χ1n) is 4.98. The van der Waals surface area contributed by atoms with Crippen LogP contribution in [0.5, 0.6) is 0 Å². The third kappa shape index (κ3) is 3.80. The predicted octanol–water partition coefficient (Wildman–Crippen LogP) is -1.28. The Balaban J connectivity index is 2.52. The SMILES string of the molecule is COC(=O)NS(=O)(=O)NCC1(O)CCOC1C. The van der Waals surface area contributed by atoms with Crippen molar-refractivity contribution in [1.82, 2.24) is 9.44 Å². The van der Waals surface area contributed by atoms with Gasteiger partial charge >= 0.3 is 16.3 Å². The van der Waals surface area contributed by atoms with Crippen LogP contribution in [-0.2, 0) is 19.7 Å². The summed E-state index contributed by atoms with van der Waals surface area (Å²) in [6.07, 6.45) is -1.24. The van der Waals surface area contributed by atoms with Gasteiger partial charge in [-0.2, -0.15) is 13.1 Å². The minimum atomic E-state index is -4.03. The van der Waals surface area contributed by atoms with Crippen molar-refractivity contribution in [2.75, 3.05) is 20.3 Å². The Morgan fingerprint density at radius 2 is 2.29 bits per heavy atom. The van der Waals surface area contributed by atoms with Crippen molar-refractivity contribution in [3.63, 3.8) is 0 Å². The lowest BCUT2D eigenvalue weighted by atomic mass is 9.97. The molecule has 1 rings (SSSR count). The Morgan fingerprint density at radius 1 is 1.65 bits per heavy atom. The van der Waals surface area contributed by atoms with Crippen molar-refractivity contribution in [2.45, 2.75) is 25.0 Å². The van der Waals surface area contributed by atoms with Gasteiger partial charge in [-0.15, -0.1) is 0 Å². The van der Waals surface area contributed by atoms with E-state index in [4.69, 9.17) is 4.74 Å². The van der Waals surface area contributed by atoms with Gasteiger partial charge < -0.3 is 14.6 Å². The number of aliphatic hydroxyl groups is 1. The molecule has 1 saturated heterocycles. The first-order valence-corrected chi connectivity index (χ1v) is 6.47. The molecule has 1 fully saturated rings. The van der Waals surface area contributed by atoms with E-state index < -0.39 is 28.0 Å². The van der Waals surface area contributed by atoms with Crippen LogP contribution in [0.3, 0.4) is 0 Å². The van der Waals surface area contributed by atoms with Gasteiger partial charge in [0.1, 0.15) is 5.60 Å². The summed E-state index contributed by atoms with van der Waals surface area (Å²) in [5.74, 6) is 0. The van der Waals surface area contributed by atoms with E-state index >= 15 is 0 Å². The molecule has 9 heteroatoms. The van der Waals surface area contributed by atoms with Crippen LogP contribution >= 0.6 is 0 Å². The summed E-state index contributed by atoms with van der Waals surface area (Å²) in [5, 5.41) is 10.0. The summed E-state index contributed by atoms with van der Waals surface area (Å²) in [7, 11) is -2.99. The second-order valence-corrected chi connectivity index (χ2v) is 5.28. The van der Waals surface area contributed by atoms with E-state index in [2.05, 4.69) is 9.46 Å². The van der Waals surface area contributed by atoms with Crippen LogP contribution in [0.2, 0.25) is 0 Å². The second-order valence-electron chi connectivity index (χ2n) is 3.78. The number of methoxy groups -OCH3 is 1. The minimum absolute atomic E-state index is 0.236. The molecule has 1 amide bonds. The first-order chi connectivity index (χ1) is 7.79. The van der Waals surface area contributed by atoms with Gasteiger partial charge in [0.05, 0.1) is 13.2 Å². The monoisotopic (exact) mass is 268 g/mol. The Kier molecular flexibility index (Phi) is 4.31. The van der Waals surface area contributed by atoms with E-state index in [1.54, 1.807) is 11.6 Å². The van der Waals surface area contributed by atoms with Gasteiger partial charge in [0.2, 0.25) is 0 Å². The lowest BCUT2D eigenvalue weighted by Crippen LogP contribution is -2.50. The molecule has 0 aliphatic carbocycles. The lowest BCUT2D eigenvalue weighted by molar-refractivity contribution is -0.0228. The van der Waals surface area contributed by atoms with Crippen LogP contribution in [0.4, 0.5) is 4.79 Å². The summed E-state index contributed by atoms with van der Waals surface area (Å²) in [5.41, 5.74) is -1.26. The van der Waals surface area contributed by atoms with Crippen LogP contribution in [0.15, 0.2) is 0 Å². The van der Waals surface area contributed by atoms with Gasteiger partial charge in [0.15, 0.2) is 0 Å². The quantitative estimate of drug-likeness (QED) is 0.585. The highest BCUT2D eigenvalue weighted by atomic mass is 32.2. The molecular weight excluding hydrogens is 252 g/mol. The van der Waals surface area contributed by atoms with Crippen LogP contribution in [-0.4, -0.2) is 51.6 Å². The summed E-state index contributed by atoms with van der Waals surface area (Å²) in [4.78, 5) is 10.7. The molecule has 3 N–H and O–H groups in total. The maximum Gasteiger partial charge on any atom is 0.421 e. The molecule has 17 heavy (non-hydrogen) atoms. The van der Waals surface area contributed by atoms with Crippen molar-refractivity contribution in [3.05, 3.63) is 0 Å². The molecule has 8 nitrogen and oxygen atoms in total. The number of hydrogen-bond donors (Lipinski definition) is 3. The fraction of sp³-hybridized carbons (Fsp3) is 0.875. The molecule has 0 aromatic carbocycles. The second kappa shape index (κ2) is 5.17. The molecule has 0 bridgehead atoms. The van der Waals surface area contributed by atoms with Crippen LogP contribution in [0.1, 0.15) is 13.3 Å². The van der Waals surface area contributed by atoms with Gasteiger partial charge in [0, 0.05) is 19.6 Å². The van der Waals surface area contributed by atoms with E-state index in [0.29, 0.717) is 13.0 Å². The van der Waals surface area contributed by atoms with Crippen LogP contribution in [0, 0.1) is 0 Å². The molecule has 100 valence electrons. The molecule has 0 aromatic heterocycles. The van der Waals surface area contributed by atoms with Crippen molar-refractivity contribution in [1.29, 1.82) is 0 Å². The normalized spacial score (nSPS) is 29.0. The number of amides is 1. The zero-order valence-corrected chi connectivity index (χ0v) is 10.4. The molecule has 0 saturated carbocycles. The summed E-state index contributed by atoms with van der Waals surface area (Å²) >= 11 is 0. The number of ether oxygens (including phenoxy) is 2. The Morgan fingerprint density at radius 3 is 2.76 bits per heavy atom. The number of carbonyl (C=O) groups excluding carboxylic acids is 1. The van der Waals surface area contributed by atoms with E-state index in [1.165, 1.54) is 0 Å². The Bertz CT molecular complexity index is 383. The molecule has 1 aliphatic heterocycles. The number of carbonyl (C=O) groups is 1. The smallest absolute Gasteiger partial charge is 0.421 e. The molecular formula is C8H16N2O6S. The average molecular weight is 268 g/mol.